The topological polar surface area (TPSA) is 29.1 Å². The molecule has 4 heteroatoms. The van der Waals surface area contributed by atoms with Crippen molar-refractivity contribution in [2.24, 2.45) is 0 Å². The lowest BCUT2D eigenvalue weighted by Gasteiger charge is -2.16. The quantitative estimate of drug-likeness (QED) is 0.764. The van der Waals surface area contributed by atoms with Crippen LogP contribution < -0.4 is 5.32 Å². The number of benzene rings is 1. The Balaban J connectivity index is 1.78. The van der Waals surface area contributed by atoms with Crippen molar-refractivity contribution in [2.75, 3.05) is 5.88 Å². The van der Waals surface area contributed by atoms with Gasteiger partial charge >= 0.3 is 0 Å². The summed E-state index contributed by atoms with van der Waals surface area (Å²) in [4.78, 5) is 13.3. The molecule has 2 aromatic rings. The van der Waals surface area contributed by atoms with Crippen LogP contribution in [0.15, 0.2) is 47.8 Å². The lowest BCUT2D eigenvalue weighted by Crippen LogP contribution is -2.29. The van der Waals surface area contributed by atoms with E-state index in [9.17, 15) is 4.79 Å². The fourth-order valence-corrected chi connectivity index (χ4v) is 3.05. The Morgan fingerprint density at radius 3 is 2.65 bits per heavy atom. The molecule has 1 aromatic heterocycles. The van der Waals surface area contributed by atoms with Crippen LogP contribution in [0.3, 0.4) is 0 Å². The van der Waals surface area contributed by atoms with Gasteiger partial charge in [0.05, 0.1) is 6.04 Å². The maximum Gasteiger partial charge on any atom is 0.220 e. The molecule has 1 heterocycles. The van der Waals surface area contributed by atoms with E-state index < -0.39 is 0 Å². The molecule has 0 aliphatic carbocycles. The Hall–Kier alpha value is -1.32. The van der Waals surface area contributed by atoms with Crippen LogP contribution in [-0.2, 0) is 11.2 Å². The molecule has 0 radical (unpaired) electrons. The summed E-state index contributed by atoms with van der Waals surface area (Å²) in [6.45, 7) is 0. The Morgan fingerprint density at radius 2 is 2.00 bits per heavy atom. The zero-order valence-electron chi connectivity index (χ0n) is 11.2. The fraction of sp³-hybridized carbons (Fsp3) is 0.312. The molecular weight excluding hydrogens is 290 g/mol. The lowest BCUT2D eigenvalue weighted by molar-refractivity contribution is -0.121. The van der Waals surface area contributed by atoms with Crippen LogP contribution in [0.5, 0.6) is 0 Å². The van der Waals surface area contributed by atoms with Crippen molar-refractivity contribution in [2.45, 2.75) is 25.3 Å². The van der Waals surface area contributed by atoms with Gasteiger partial charge in [-0.25, -0.2) is 0 Å². The second kappa shape index (κ2) is 8.08. The van der Waals surface area contributed by atoms with Crippen LogP contribution in [0.25, 0.3) is 0 Å². The monoisotopic (exact) mass is 307 g/mol. The Morgan fingerprint density at radius 1 is 1.20 bits per heavy atom. The van der Waals surface area contributed by atoms with Crippen molar-refractivity contribution in [1.29, 1.82) is 0 Å². The molecule has 1 aromatic carbocycles. The number of rotatable bonds is 7. The number of hydrogen-bond donors (Lipinski definition) is 1. The first-order chi connectivity index (χ1) is 9.79. The minimum Gasteiger partial charge on any atom is -0.348 e. The largest absolute Gasteiger partial charge is 0.348 e. The fourth-order valence-electron chi connectivity index (χ4n) is 2.04. The third-order valence-electron chi connectivity index (χ3n) is 3.10. The van der Waals surface area contributed by atoms with E-state index in [1.165, 1.54) is 4.88 Å². The highest BCUT2D eigenvalue weighted by molar-refractivity contribution is 7.09. The summed E-state index contributed by atoms with van der Waals surface area (Å²) in [5, 5.41) is 5.06. The Labute approximate surface area is 128 Å². The highest BCUT2D eigenvalue weighted by atomic mass is 35.5. The molecule has 2 rings (SSSR count). The van der Waals surface area contributed by atoms with Crippen LogP contribution in [-0.4, -0.2) is 11.8 Å². The molecule has 2 nitrogen and oxygen atoms in total. The Bertz CT molecular complexity index is 513. The second-order valence-electron chi connectivity index (χ2n) is 4.62. The summed E-state index contributed by atoms with van der Waals surface area (Å²) in [6.07, 6.45) is 2.37. The zero-order valence-corrected chi connectivity index (χ0v) is 12.8. The van der Waals surface area contributed by atoms with Crippen LogP contribution >= 0.6 is 22.9 Å². The molecule has 0 spiro atoms. The Kier molecular flexibility index (Phi) is 6.09. The van der Waals surface area contributed by atoms with Gasteiger partial charge in [-0.05, 0) is 29.9 Å². The van der Waals surface area contributed by atoms with E-state index in [0.717, 1.165) is 18.4 Å². The van der Waals surface area contributed by atoms with Crippen molar-refractivity contribution in [3.05, 3.63) is 58.3 Å². The lowest BCUT2D eigenvalue weighted by atomic mass is 10.1. The molecule has 0 fully saturated rings. The number of halogens is 1. The first kappa shape index (κ1) is 15.1. The van der Waals surface area contributed by atoms with Gasteiger partial charge in [0, 0.05) is 17.2 Å². The average molecular weight is 308 g/mol. The molecule has 1 N–H and O–H groups in total. The van der Waals surface area contributed by atoms with Crippen molar-refractivity contribution in [1.82, 2.24) is 5.32 Å². The number of carbonyl (C=O) groups excluding carboxylic acids is 1. The normalized spacial score (nSPS) is 12.1. The summed E-state index contributed by atoms with van der Waals surface area (Å²) in [6, 6.07) is 13.9. The number of hydrogen-bond acceptors (Lipinski definition) is 2. The molecule has 1 amide bonds. The molecule has 0 bridgehead atoms. The van der Waals surface area contributed by atoms with Gasteiger partial charge in [0.15, 0.2) is 0 Å². The van der Waals surface area contributed by atoms with Crippen molar-refractivity contribution in [3.63, 3.8) is 0 Å². The van der Waals surface area contributed by atoms with E-state index >= 15 is 0 Å². The molecule has 0 saturated heterocycles. The molecule has 0 aliphatic rings. The number of nitrogens with one attached hydrogen (secondary N) is 1. The zero-order chi connectivity index (χ0) is 14.2. The number of aryl methyl sites for hydroxylation is 1. The average Bonchev–Trinajstić information content (AvgIpc) is 2.99. The van der Waals surface area contributed by atoms with E-state index in [0.29, 0.717) is 12.3 Å². The molecule has 1 unspecified atom stereocenters. The van der Waals surface area contributed by atoms with E-state index in [4.69, 9.17) is 11.6 Å². The van der Waals surface area contributed by atoms with Gasteiger partial charge in [-0.3, -0.25) is 4.79 Å². The smallest absolute Gasteiger partial charge is 0.220 e. The van der Waals surface area contributed by atoms with Gasteiger partial charge in [0.25, 0.3) is 0 Å². The minimum atomic E-state index is -0.105. The van der Waals surface area contributed by atoms with E-state index in [1.54, 1.807) is 11.3 Å². The van der Waals surface area contributed by atoms with E-state index in [1.807, 2.05) is 36.4 Å². The molecule has 0 saturated carbocycles. The van der Waals surface area contributed by atoms with Crippen molar-refractivity contribution in [3.8, 4) is 0 Å². The summed E-state index contributed by atoms with van der Waals surface area (Å²) < 4.78 is 0. The summed E-state index contributed by atoms with van der Waals surface area (Å²) in [7, 11) is 0. The molecule has 1 atom stereocenters. The first-order valence-corrected chi connectivity index (χ1v) is 8.13. The summed E-state index contributed by atoms with van der Waals surface area (Å²) in [5.41, 5.74) is 1.05. The molecular formula is C16H18ClNOS. The minimum absolute atomic E-state index is 0.0658. The van der Waals surface area contributed by atoms with Gasteiger partial charge in [-0.15, -0.1) is 22.9 Å². The van der Waals surface area contributed by atoms with Gasteiger partial charge in [-0.1, -0.05) is 36.4 Å². The van der Waals surface area contributed by atoms with Gasteiger partial charge < -0.3 is 5.32 Å². The SMILES string of the molecule is O=C(CCCc1cccs1)NC(CCl)c1ccccc1. The van der Waals surface area contributed by atoms with Crippen LogP contribution in [0.2, 0.25) is 0 Å². The third kappa shape index (κ3) is 4.66. The second-order valence-corrected chi connectivity index (χ2v) is 5.96. The third-order valence-corrected chi connectivity index (χ3v) is 4.34. The highest BCUT2D eigenvalue weighted by Gasteiger charge is 2.12. The van der Waals surface area contributed by atoms with E-state index in [2.05, 4.69) is 16.8 Å². The van der Waals surface area contributed by atoms with Crippen molar-refractivity contribution >= 4 is 28.8 Å². The van der Waals surface area contributed by atoms with Crippen molar-refractivity contribution < 1.29 is 4.79 Å². The predicted octanol–water partition coefficient (Wildman–Crippen LogP) is 4.17. The standard InChI is InChI=1S/C16H18ClNOS/c17-12-15(13-6-2-1-3-7-13)18-16(19)10-4-8-14-9-5-11-20-14/h1-3,5-7,9,11,15H,4,8,10,12H2,(H,18,19). The van der Waals surface area contributed by atoms with Crippen LogP contribution in [0, 0.1) is 0 Å². The van der Waals surface area contributed by atoms with Gasteiger partial charge in [0.1, 0.15) is 0 Å². The predicted molar refractivity (Wildman–Crippen MR) is 85.3 cm³/mol. The van der Waals surface area contributed by atoms with Crippen LogP contribution in [0.4, 0.5) is 0 Å². The number of carbonyl (C=O) groups is 1. The summed E-state index contributed by atoms with van der Waals surface area (Å²) in [5.74, 6) is 0.455. The maximum absolute atomic E-state index is 11.9. The molecule has 0 aliphatic heterocycles. The number of amides is 1. The highest BCUT2D eigenvalue weighted by Crippen LogP contribution is 2.15. The van der Waals surface area contributed by atoms with E-state index in [-0.39, 0.29) is 11.9 Å². The number of thiophene rings is 1. The van der Waals surface area contributed by atoms with Crippen LogP contribution in [0.1, 0.15) is 29.3 Å². The molecule has 106 valence electrons. The van der Waals surface area contributed by atoms with Gasteiger partial charge in [0.2, 0.25) is 5.91 Å². The van der Waals surface area contributed by atoms with Gasteiger partial charge in [-0.2, -0.15) is 0 Å². The molecule has 20 heavy (non-hydrogen) atoms. The number of alkyl halides is 1. The maximum atomic E-state index is 11.9. The first-order valence-electron chi connectivity index (χ1n) is 6.72. The summed E-state index contributed by atoms with van der Waals surface area (Å²) >= 11 is 7.69.